The van der Waals surface area contributed by atoms with Crippen molar-refractivity contribution >= 4 is 37.4 Å². The predicted octanol–water partition coefficient (Wildman–Crippen LogP) is 4.32. The lowest BCUT2D eigenvalue weighted by Gasteiger charge is -2.26. The number of methoxy groups -OCH3 is 1. The van der Waals surface area contributed by atoms with Gasteiger partial charge in [-0.15, -0.1) is 6.58 Å². The molecule has 16 nitrogen and oxygen atoms in total. The Morgan fingerprint density at radius 3 is 1.96 bits per heavy atom. The molecule has 0 aliphatic carbocycles. The maximum Gasteiger partial charge on any atom is 0.406 e. The summed E-state index contributed by atoms with van der Waals surface area (Å²) in [6.45, 7) is 4.01. The van der Waals surface area contributed by atoms with E-state index in [1.165, 1.54) is 49.5 Å². The van der Waals surface area contributed by atoms with Crippen molar-refractivity contribution in [2.45, 2.75) is 37.5 Å². The first kappa shape index (κ1) is 39.4. The zero-order valence-corrected chi connectivity index (χ0v) is 30.0. The summed E-state index contributed by atoms with van der Waals surface area (Å²) in [6, 6.07) is 24.3. The average Bonchev–Trinajstić information content (AvgIpc) is 3.52. The molecule has 0 radical (unpaired) electrons. The molecule has 4 aromatic rings. The van der Waals surface area contributed by atoms with Crippen molar-refractivity contribution in [2.75, 3.05) is 25.6 Å². The number of carbonyl (C=O) groups is 4. The summed E-state index contributed by atoms with van der Waals surface area (Å²) in [6.07, 6.45) is -3.35. The zero-order valence-electron chi connectivity index (χ0n) is 29.1. The summed E-state index contributed by atoms with van der Waals surface area (Å²) in [7, 11) is -3.20. The molecule has 0 spiro atoms. The van der Waals surface area contributed by atoms with Crippen molar-refractivity contribution in [1.82, 2.24) is 14.6 Å². The highest BCUT2D eigenvalue weighted by atomic mass is 31.2. The van der Waals surface area contributed by atoms with Crippen molar-refractivity contribution in [1.29, 1.82) is 0 Å². The van der Waals surface area contributed by atoms with Crippen LogP contribution in [0.4, 0.5) is 5.82 Å². The van der Waals surface area contributed by atoms with Gasteiger partial charge in [-0.1, -0.05) is 60.7 Å². The lowest BCUT2D eigenvalue weighted by molar-refractivity contribution is -0.142. The highest BCUT2D eigenvalue weighted by Crippen LogP contribution is 2.46. The lowest BCUT2D eigenvalue weighted by atomic mass is 10.1. The molecule has 6 atom stereocenters. The Morgan fingerprint density at radius 1 is 0.870 bits per heavy atom. The fourth-order valence-electron chi connectivity index (χ4n) is 5.22. The molecule has 1 amide bonds. The number of nitrogens with zero attached hydrogens (tertiary/aromatic N) is 2. The third-order valence-corrected chi connectivity index (χ3v) is 9.53. The van der Waals surface area contributed by atoms with Crippen LogP contribution in [0.3, 0.4) is 0 Å². The molecule has 282 valence electrons. The molecule has 54 heavy (non-hydrogen) atoms. The number of esters is 3. The van der Waals surface area contributed by atoms with E-state index in [0.717, 1.165) is 11.7 Å². The molecule has 1 aromatic heterocycles. The fourth-order valence-corrected chi connectivity index (χ4v) is 6.67. The Kier molecular flexibility index (Phi) is 13.4. The molecule has 3 aromatic carbocycles. The van der Waals surface area contributed by atoms with Crippen molar-refractivity contribution in [3.8, 4) is 0 Å². The minimum atomic E-state index is -4.34. The highest BCUT2D eigenvalue weighted by Gasteiger charge is 2.52. The van der Waals surface area contributed by atoms with Crippen LogP contribution < -0.4 is 16.1 Å². The normalized spacial score (nSPS) is 19.4. The number of nitrogens with one attached hydrogen (secondary N) is 2. The van der Waals surface area contributed by atoms with Gasteiger partial charge in [-0.05, 0) is 49.4 Å². The molecule has 0 saturated carbocycles. The van der Waals surface area contributed by atoms with Crippen molar-refractivity contribution in [3.63, 3.8) is 0 Å². The largest absolute Gasteiger partial charge is 0.468 e. The Balaban J connectivity index is 1.51. The van der Waals surface area contributed by atoms with E-state index in [2.05, 4.69) is 22.0 Å². The molecule has 2 heterocycles. The quantitative estimate of drug-likeness (QED) is 0.0708. The van der Waals surface area contributed by atoms with Gasteiger partial charge in [0.15, 0.2) is 18.4 Å². The van der Waals surface area contributed by atoms with Crippen LogP contribution in [0.1, 0.15) is 44.2 Å². The van der Waals surface area contributed by atoms with E-state index in [9.17, 15) is 28.5 Å². The average molecular weight is 761 g/mol. The van der Waals surface area contributed by atoms with Crippen LogP contribution in [0.15, 0.2) is 121 Å². The number of amides is 1. The molecular weight excluding hydrogens is 723 g/mol. The standard InChI is InChI=1S/C37H37N4O12P/c1-4-22-49-54(47,40-24(2)34(43)48-3)50-23-28-30(52-35(44)26-16-10-6-11-17-26)31(53-36(45)27-18-12-7-13-19-27)33(51-28)41-21-20-29(39-37(41)46)38-32(42)25-14-8-5-9-15-25/h4-21,24,28,30-31,33H,1,22-23H2,2-3H3,(H,40,47)(H,38,39,42,46)/t24-,28+,30+,31+,33+,54?/m0/s1. The third kappa shape index (κ3) is 10.0. The molecular formula is C37H37N4O12P. The molecule has 17 heteroatoms. The zero-order chi connectivity index (χ0) is 38.7. The minimum absolute atomic E-state index is 0.0843. The second-order valence-corrected chi connectivity index (χ2v) is 13.4. The summed E-state index contributed by atoms with van der Waals surface area (Å²) < 4.78 is 48.7. The van der Waals surface area contributed by atoms with Crippen LogP contribution in [-0.4, -0.2) is 78.0 Å². The van der Waals surface area contributed by atoms with E-state index in [1.54, 1.807) is 66.7 Å². The van der Waals surface area contributed by atoms with E-state index in [1.807, 2.05) is 0 Å². The summed E-state index contributed by atoms with van der Waals surface area (Å²) in [5.41, 5.74) is -0.336. The number of rotatable bonds is 16. The van der Waals surface area contributed by atoms with Crippen LogP contribution in [0.25, 0.3) is 0 Å². The van der Waals surface area contributed by atoms with E-state index < -0.39 is 74.4 Å². The topological polar surface area (TPSA) is 200 Å². The van der Waals surface area contributed by atoms with E-state index in [-0.39, 0.29) is 23.6 Å². The van der Waals surface area contributed by atoms with Crippen LogP contribution in [-0.2, 0) is 37.4 Å². The first-order valence-corrected chi connectivity index (χ1v) is 18.0. The van der Waals surface area contributed by atoms with Crippen LogP contribution >= 0.6 is 7.75 Å². The molecule has 1 aliphatic heterocycles. The highest BCUT2D eigenvalue weighted by molar-refractivity contribution is 7.51. The number of aromatic nitrogens is 2. The van der Waals surface area contributed by atoms with Gasteiger partial charge in [0.05, 0.1) is 31.5 Å². The molecule has 1 fully saturated rings. The van der Waals surface area contributed by atoms with Crippen molar-refractivity contribution in [2.24, 2.45) is 0 Å². The number of hydrogen-bond donors (Lipinski definition) is 2. The Hall–Kier alpha value is -5.77. The summed E-state index contributed by atoms with van der Waals surface area (Å²) in [5, 5.41) is 5.03. The van der Waals surface area contributed by atoms with Crippen LogP contribution in [0.2, 0.25) is 0 Å². The first-order valence-electron chi connectivity index (χ1n) is 16.5. The van der Waals surface area contributed by atoms with Crippen LogP contribution in [0.5, 0.6) is 0 Å². The summed E-state index contributed by atoms with van der Waals surface area (Å²) in [4.78, 5) is 69.4. The van der Waals surface area contributed by atoms with Crippen LogP contribution in [0, 0.1) is 0 Å². The van der Waals surface area contributed by atoms with E-state index in [0.29, 0.717) is 5.56 Å². The second kappa shape index (κ2) is 18.3. The monoisotopic (exact) mass is 760 g/mol. The van der Waals surface area contributed by atoms with Gasteiger partial charge >= 0.3 is 31.3 Å². The minimum Gasteiger partial charge on any atom is -0.468 e. The van der Waals surface area contributed by atoms with Gasteiger partial charge in [0, 0.05) is 11.8 Å². The maximum atomic E-state index is 13.8. The molecule has 5 rings (SSSR count). The number of ether oxygens (including phenoxy) is 4. The number of anilines is 1. The smallest absolute Gasteiger partial charge is 0.406 e. The maximum absolute atomic E-state index is 13.8. The Labute approximate surface area is 309 Å². The van der Waals surface area contributed by atoms with Gasteiger partial charge in [-0.3, -0.25) is 23.2 Å². The molecule has 1 saturated heterocycles. The SMILES string of the molecule is C=CCOP(=O)(N[C@@H](C)C(=O)OC)OC[C@H]1O[C@@H](n2ccc(NC(=O)c3ccccc3)nc2=O)[C@H](OC(=O)c2ccccc2)[C@@H]1OC(=O)c1ccccc1. The number of hydrogen-bond acceptors (Lipinski definition) is 13. The van der Waals surface area contributed by atoms with E-state index in [4.69, 9.17) is 28.0 Å². The van der Waals surface area contributed by atoms with Gasteiger partial charge in [-0.2, -0.15) is 4.98 Å². The molecule has 1 unspecified atom stereocenters. The van der Waals surface area contributed by atoms with Gasteiger partial charge in [-0.25, -0.2) is 24.0 Å². The van der Waals surface area contributed by atoms with Crippen molar-refractivity contribution in [3.05, 3.63) is 143 Å². The molecule has 0 bridgehead atoms. The number of benzene rings is 3. The van der Waals surface area contributed by atoms with Crippen molar-refractivity contribution < 1.29 is 51.7 Å². The lowest BCUT2D eigenvalue weighted by Crippen LogP contribution is -2.42. The first-order chi connectivity index (χ1) is 26.0. The van der Waals surface area contributed by atoms with Gasteiger partial charge in [0.2, 0.25) is 0 Å². The summed E-state index contributed by atoms with van der Waals surface area (Å²) >= 11 is 0. The Bertz CT molecular complexity index is 2050. The third-order valence-electron chi connectivity index (χ3n) is 7.85. The fraction of sp³-hybridized carbons (Fsp3) is 0.243. The van der Waals surface area contributed by atoms with E-state index >= 15 is 0 Å². The predicted molar refractivity (Wildman–Crippen MR) is 192 cm³/mol. The van der Waals surface area contributed by atoms with Gasteiger partial charge < -0.3 is 24.3 Å². The molecule has 2 N–H and O–H groups in total. The molecule has 1 aliphatic rings. The van der Waals surface area contributed by atoms with Gasteiger partial charge in [0.1, 0.15) is 18.0 Å². The summed E-state index contributed by atoms with van der Waals surface area (Å²) in [5.74, 6) is -3.06. The second-order valence-electron chi connectivity index (χ2n) is 11.6. The number of carbonyl (C=O) groups excluding carboxylic acids is 4. The van der Waals surface area contributed by atoms with Gasteiger partial charge in [0.25, 0.3) is 5.91 Å². The Morgan fingerprint density at radius 2 is 1.43 bits per heavy atom.